The number of benzene rings is 2. The summed E-state index contributed by atoms with van der Waals surface area (Å²) in [4.78, 5) is 26.9. The van der Waals surface area contributed by atoms with Crippen molar-refractivity contribution in [2.24, 2.45) is 0 Å². The Morgan fingerprint density at radius 2 is 1.87 bits per heavy atom. The van der Waals surface area contributed by atoms with E-state index in [1.165, 1.54) is 11.0 Å². The van der Waals surface area contributed by atoms with Gasteiger partial charge in [-0.15, -0.1) is 0 Å². The summed E-state index contributed by atoms with van der Waals surface area (Å²) in [5, 5.41) is 2.84. The molecule has 0 saturated carbocycles. The summed E-state index contributed by atoms with van der Waals surface area (Å²) in [6.07, 6.45) is 1.81. The fraction of sp³-hybridized carbons (Fsp3) is 0.417. The van der Waals surface area contributed by atoms with Crippen LogP contribution in [-0.2, 0) is 16.1 Å². The molecule has 0 aliphatic heterocycles. The second-order valence-corrected chi connectivity index (χ2v) is 7.47. The number of rotatable bonds is 10. The van der Waals surface area contributed by atoms with Gasteiger partial charge in [-0.1, -0.05) is 37.6 Å². The van der Waals surface area contributed by atoms with Gasteiger partial charge in [0.15, 0.2) is 6.61 Å². The number of hydrogen-bond acceptors (Lipinski definition) is 3. The topological polar surface area (TPSA) is 58.6 Å². The van der Waals surface area contributed by atoms with Crippen LogP contribution in [0.1, 0.15) is 43.4 Å². The van der Waals surface area contributed by atoms with Gasteiger partial charge in [-0.25, -0.2) is 4.39 Å². The molecule has 162 valence electrons. The monoisotopic (exact) mass is 414 g/mol. The maximum absolute atomic E-state index is 14.2. The van der Waals surface area contributed by atoms with Crippen molar-refractivity contribution in [1.29, 1.82) is 0 Å². The summed E-state index contributed by atoms with van der Waals surface area (Å²) < 4.78 is 19.9. The first kappa shape index (κ1) is 23.4. The molecule has 0 heterocycles. The Bertz CT molecular complexity index is 869. The van der Waals surface area contributed by atoms with Crippen molar-refractivity contribution < 1.29 is 18.7 Å². The van der Waals surface area contributed by atoms with E-state index in [1.807, 2.05) is 32.9 Å². The third kappa shape index (κ3) is 6.58. The van der Waals surface area contributed by atoms with Crippen molar-refractivity contribution >= 4 is 11.8 Å². The zero-order valence-electron chi connectivity index (χ0n) is 18.2. The molecule has 0 spiro atoms. The fourth-order valence-electron chi connectivity index (χ4n) is 2.96. The van der Waals surface area contributed by atoms with Gasteiger partial charge in [-0.3, -0.25) is 9.59 Å². The van der Waals surface area contributed by atoms with Gasteiger partial charge in [0.05, 0.1) is 0 Å². The average molecular weight is 415 g/mol. The van der Waals surface area contributed by atoms with E-state index in [1.54, 1.807) is 31.2 Å². The van der Waals surface area contributed by atoms with Gasteiger partial charge in [0, 0.05) is 18.7 Å². The van der Waals surface area contributed by atoms with Gasteiger partial charge < -0.3 is 15.0 Å². The minimum Gasteiger partial charge on any atom is -0.484 e. The maximum Gasteiger partial charge on any atom is 0.261 e. The Balaban J connectivity index is 2.14. The van der Waals surface area contributed by atoms with Crippen LogP contribution in [0, 0.1) is 19.7 Å². The van der Waals surface area contributed by atoms with Crippen molar-refractivity contribution in [1.82, 2.24) is 10.2 Å². The lowest BCUT2D eigenvalue weighted by Gasteiger charge is -2.29. The molecule has 2 rings (SSSR count). The molecule has 0 fully saturated rings. The van der Waals surface area contributed by atoms with Crippen LogP contribution in [0.4, 0.5) is 4.39 Å². The third-order valence-corrected chi connectivity index (χ3v) is 5.14. The zero-order chi connectivity index (χ0) is 22.1. The molecule has 5 nitrogen and oxygen atoms in total. The number of hydrogen-bond donors (Lipinski definition) is 1. The molecule has 0 saturated heterocycles. The van der Waals surface area contributed by atoms with E-state index in [9.17, 15) is 14.0 Å². The molecule has 0 bridgehead atoms. The number of nitrogens with zero attached hydrogens (tertiary/aromatic N) is 1. The molecule has 2 amide bonds. The van der Waals surface area contributed by atoms with Gasteiger partial charge >= 0.3 is 0 Å². The molecule has 1 N–H and O–H groups in total. The molecule has 30 heavy (non-hydrogen) atoms. The van der Waals surface area contributed by atoms with Crippen LogP contribution < -0.4 is 10.1 Å². The summed E-state index contributed by atoms with van der Waals surface area (Å²) >= 11 is 0. The van der Waals surface area contributed by atoms with Gasteiger partial charge in [-0.05, 0) is 56.5 Å². The van der Waals surface area contributed by atoms with E-state index in [2.05, 4.69) is 5.32 Å². The first-order chi connectivity index (χ1) is 14.3. The van der Waals surface area contributed by atoms with Crippen molar-refractivity contribution in [3.8, 4) is 5.75 Å². The predicted molar refractivity (Wildman–Crippen MR) is 116 cm³/mol. The van der Waals surface area contributed by atoms with Crippen LogP contribution in [0.25, 0.3) is 0 Å². The van der Waals surface area contributed by atoms with E-state index < -0.39 is 11.9 Å². The molecule has 0 aliphatic rings. The third-order valence-electron chi connectivity index (χ3n) is 5.14. The second-order valence-electron chi connectivity index (χ2n) is 7.47. The summed E-state index contributed by atoms with van der Waals surface area (Å²) in [6.45, 7) is 7.95. The van der Waals surface area contributed by atoms with Crippen LogP contribution in [0.5, 0.6) is 5.75 Å². The lowest BCUT2D eigenvalue weighted by molar-refractivity contribution is -0.142. The minimum absolute atomic E-state index is 0.00977. The van der Waals surface area contributed by atoms with Crippen molar-refractivity contribution in [2.75, 3.05) is 13.2 Å². The Kier molecular flexibility index (Phi) is 8.84. The lowest BCUT2D eigenvalue weighted by atomic mass is 10.1. The molecule has 2 aromatic rings. The van der Waals surface area contributed by atoms with Crippen molar-refractivity contribution in [2.45, 2.75) is 53.1 Å². The molecule has 0 aliphatic carbocycles. The number of halogens is 1. The van der Waals surface area contributed by atoms with E-state index in [4.69, 9.17) is 4.74 Å². The summed E-state index contributed by atoms with van der Waals surface area (Å²) in [7, 11) is 0. The first-order valence-corrected chi connectivity index (χ1v) is 10.3. The van der Waals surface area contributed by atoms with Gasteiger partial charge in [0.2, 0.25) is 5.91 Å². The molecule has 0 radical (unpaired) electrons. The first-order valence-electron chi connectivity index (χ1n) is 10.3. The SMILES string of the molecule is CCCCNC(=O)C(C)N(Cc1ccccc1F)C(=O)COc1ccc(C)c(C)c1. The van der Waals surface area contributed by atoms with Crippen LogP contribution in [0.15, 0.2) is 42.5 Å². The summed E-state index contributed by atoms with van der Waals surface area (Å²) in [5.41, 5.74) is 2.55. The Morgan fingerprint density at radius 1 is 1.13 bits per heavy atom. The van der Waals surface area contributed by atoms with Gasteiger partial charge in [-0.2, -0.15) is 0 Å². The van der Waals surface area contributed by atoms with Crippen LogP contribution in [0.2, 0.25) is 0 Å². The molecule has 1 atom stereocenters. The molecule has 1 unspecified atom stereocenters. The highest BCUT2D eigenvalue weighted by atomic mass is 19.1. The summed E-state index contributed by atoms with van der Waals surface area (Å²) in [6, 6.07) is 11.1. The van der Waals surface area contributed by atoms with Crippen molar-refractivity contribution in [3.63, 3.8) is 0 Å². The Hall–Kier alpha value is -2.89. The summed E-state index contributed by atoms with van der Waals surface area (Å²) in [5.74, 6) is -0.477. The number of ether oxygens (including phenoxy) is 1. The smallest absolute Gasteiger partial charge is 0.261 e. The Morgan fingerprint density at radius 3 is 2.53 bits per heavy atom. The highest BCUT2D eigenvalue weighted by Crippen LogP contribution is 2.18. The average Bonchev–Trinajstić information content (AvgIpc) is 2.73. The number of aryl methyl sites for hydroxylation is 2. The minimum atomic E-state index is -0.752. The molecular formula is C24H31FN2O3. The largest absolute Gasteiger partial charge is 0.484 e. The fourth-order valence-corrected chi connectivity index (χ4v) is 2.96. The van der Waals surface area contributed by atoms with E-state index >= 15 is 0 Å². The van der Waals surface area contributed by atoms with Crippen LogP contribution in [-0.4, -0.2) is 35.9 Å². The lowest BCUT2D eigenvalue weighted by Crippen LogP contribution is -2.49. The number of carbonyl (C=O) groups excluding carboxylic acids is 2. The number of carbonyl (C=O) groups is 2. The zero-order valence-corrected chi connectivity index (χ0v) is 18.2. The number of amides is 2. The standard InChI is InChI=1S/C24H31FN2O3/c1-5-6-13-26-24(29)19(4)27(15-20-9-7-8-10-22(20)25)23(28)16-30-21-12-11-17(2)18(3)14-21/h7-12,14,19H,5-6,13,15-16H2,1-4H3,(H,26,29). The Labute approximate surface area is 178 Å². The molecule has 2 aromatic carbocycles. The van der Waals surface area contributed by atoms with E-state index in [-0.39, 0.29) is 25.0 Å². The van der Waals surface area contributed by atoms with Crippen molar-refractivity contribution in [3.05, 3.63) is 65.0 Å². The normalized spacial score (nSPS) is 11.6. The predicted octanol–water partition coefficient (Wildman–Crippen LogP) is 4.15. The van der Waals surface area contributed by atoms with Gasteiger partial charge in [0.1, 0.15) is 17.6 Å². The second kappa shape index (κ2) is 11.3. The van der Waals surface area contributed by atoms with E-state index in [0.717, 1.165) is 24.0 Å². The van der Waals surface area contributed by atoms with Crippen LogP contribution in [0.3, 0.4) is 0 Å². The highest BCUT2D eigenvalue weighted by molar-refractivity contribution is 5.87. The number of nitrogens with one attached hydrogen (secondary N) is 1. The number of unbranched alkanes of at least 4 members (excludes halogenated alkanes) is 1. The molecule has 6 heteroatoms. The molecule has 0 aromatic heterocycles. The van der Waals surface area contributed by atoms with Gasteiger partial charge in [0.25, 0.3) is 5.91 Å². The van der Waals surface area contributed by atoms with Crippen LogP contribution >= 0.6 is 0 Å². The highest BCUT2D eigenvalue weighted by Gasteiger charge is 2.27. The molecular weight excluding hydrogens is 383 g/mol. The quantitative estimate of drug-likeness (QED) is 0.594. The van der Waals surface area contributed by atoms with E-state index in [0.29, 0.717) is 17.9 Å². The maximum atomic E-state index is 14.2.